The largest absolute Gasteiger partial charge is 0.481 e. The van der Waals surface area contributed by atoms with Crippen LogP contribution in [-0.2, 0) is 4.79 Å². The van der Waals surface area contributed by atoms with Crippen LogP contribution in [0.1, 0.15) is 32.6 Å². The maximum atomic E-state index is 10.6. The summed E-state index contributed by atoms with van der Waals surface area (Å²) in [6.45, 7) is 4.66. The van der Waals surface area contributed by atoms with Crippen molar-refractivity contribution in [3.05, 3.63) is 0 Å². The van der Waals surface area contributed by atoms with Crippen LogP contribution < -0.4 is 0 Å². The van der Waals surface area contributed by atoms with Gasteiger partial charge in [-0.05, 0) is 25.9 Å². The van der Waals surface area contributed by atoms with E-state index in [1.807, 2.05) is 0 Å². The maximum Gasteiger partial charge on any atom is 0.307 e. The Morgan fingerprint density at radius 1 is 1.31 bits per heavy atom. The predicted molar refractivity (Wildman–Crippen MR) is 51.7 cm³/mol. The lowest BCUT2D eigenvalue weighted by molar-refractivity contribution is -0.141. The van der Waals surface area contributed by atoms with Crippen LogP contribution in [0.5, 0.6) is 0 Å². The zero-order valence-corrected chi connectivity index (χ0v) is 8.33. The van der Waals surface area contributed by atoms with E-state index < -0.39 is 5.97 Å². The van der Waals surface area contributed by atoms with Gasteiger partial charge in [-0.3, -0.25) is 4.79 Å². The molecule has 0 bridgehead atoms. The highest BCUT2D eigenvalue weighted by Gasteiger charge is 2.16. The Hall–Kier alpha value is -0.570. The minimum Gasteiger partial charge on any atom is -0.481 e. The summed E-state index contributed by atoms with van der Waals surface area (Å²) in [5.41, 5.74) is 0. The van der Waals surface area contributed by atoms with Crippen LogP contribution in [0, 0.1) is 5.92 Å². The molecule has 1 aliphatic heterocycles. The number of hydrogen-bond acceptors (Lipinski definition) is 2. The lowest BCUT2D eigenvalue weighted by Gasteiger charge is -2.21. The SMILES string of the molecule is CC(CN1CCCCCC1)C(=O)O. The summed E-state index contributed by atoms with van der Waals surface area (Å²) in [6.07, 6.45) is 5.06. The van der Waals surface area contributed by atoms with E-state index in [9.17, 15) is 4.79 Å². The molecule has 1 fully saturated rings. The van der Waals surface area contributed by atoms with Gasteiger partial charge < -0.3 is 10.0 Å². The molecule has 0 aromatic heterocycles. The lowest BCUT2D eigenvalue weighted by atomic mass is 10.1. The van der Waals surface area contributed by atoms with Gasteiger partial charge in [-0.2, -0.15) is 0 Å². The minimum absolute atomic E-state index is 0.224. The molecular formula is C10H19NO2. The first-order valence-corrected chi connectivity index (χ1v) is 5.15. The summed E-state index contributed by atoms with van der Waals surface area (Å²) in [6, 6.07) is 0. The molecule has 0 saturated carbocycles. The Balaban J connectivity index is 2.29. The Labute approximate surface area is 79.7 Å². The predicted octanol–water partition coefficient (Wildman–Crippen LogP) is 1.58. The summed E-state index contributed by atoms with van der Waals surface area (Å²) in [5.74, 6) is -0.901. The summed E-state index contributed by atoms with van der Waals surface area (Å²) in [4.78, 5) is 12.9. The van der Waals surface area contributed by atoms with Crippen molar-refractivity contribution in [1.29, 1.82) is 0 Å². The monoisotopic (exact) mass is 185 g/mol. The molecule has 3 heteroatoms. The molecule has 1 saturated heterocycles. The van der Waals surface area contributed by atoms with Crippen molar-refractivity contribution in [2.24, 2.45) is 5.92 Å². The van der Waals surface area contributed by atoms with E-state index in [0.717, 1.165) is 19.6 Å². The number of carboxylic acids is 1. The number of aliphatic carboxylic acids is 1. The highest BCUT2D eigenvalue weighted by atomic mass is 16.4. The van der Waals surface area contributed by atoms with Crippen LogP contribution in [0.15, 0.2) is 0 Å². The quantitative estimate of drug-likeness (QED) is 0.725. The van der Waals surface area contributed by atoms with E-state index >= 15 is 0 Å². The number of likely N-dealkylation sites (tertiary alicyclic amines) is 1. The molecule has 1 unspecified atom stereocenters. The standard InChI is InChI=1S/C10H19NO2/c1-9(10(12)13)8-11-6-4-2-3-5-7-11/h9H,2-8H2,1H3,(H,12,13). The molecule has 1 rings (SSSR count). The Bertz CT molecular complexity index is 162. The molecule has 1 aliphatic rings. The molecular weight excluding hydrogens is 166 g/mol. The van der Waals surface area contributed by atoms with Crippen LogP contribution >= 0.6 is 0 Å². The third kappa shape index (κ3) is 3.77. The molecule has 3 nitrogen and oxygen atoms in total. The van der Waals surface area contributed by atoms with Crippen LogP contribution in [0.4, 0.5) is 0 Å². The second-order valence-corrected chi connectivity index (χ2v) is 3.95. The first-order chi connectivity index (χ1) is 6.20. The Kier molecular flexibility index (Phi) is 4.22. The Morgan fingerprint density at radius 3 is 2.31 bits per heavy atom. The van der Waals surface area contributed by atoms with Crippen molar-refractivity contribution in [2.45, 2.75) is 32.6 Å². The smallest absolute Gasteiger partial charge is 0.307 e. The van der Waals surface area contributed by atoms with E-state index in [4.69, 9.17) is 5.11 Å². The lowest BCUT2D eigenvalue weighted by Crippen LogP contribution is -2.32. The molecule has 1 N–H and O–H groups in total. The second-order valence-electron chi connectivity index (χ2n) is 3.95. The zero-order valence-electron chi connectivity index (χ0n) is 8.33. The fourth-order valence-corrected chi connectivity index (χ4v) is 1.78. The molecule has 1 heterocycles. The number of nitrogens with zero attached hydrogens (tertiary/aromatic N) is 1. The molecule has 76 valence electrons. The van der Waals surface area contributed by atoms with Gasteiger partial charge in [-0.25, -0.2) is 0 Å². The topological polar surface area (TPSA) is 40.5 Å². The minimum atomic E-state index is -0.677. The Morgan fingerprint density at radius 2 is 1.85 bits per heavy atom. The van der Waals surface area contributed by atoms with Gasteiger partial charge in [0.15, 0.2) is 0 Å². The van der Waals surface area contributed by atoms with Gasteiger partial charge in [0.25, 0.3) is 0 Å². The van der Waals surface area contributed by atoms with Crippen molar-refractivity contribution >= 4 is 5.97 Å². The maximum absolute atomic E-state index is 10.6. The molecule has 13 heavy (non-hydrogen) atoms. The normalized spacial score (nSPS) is 22.2. The molecule has 0 aliphatic carbocycles. The van der Waals surface area contributed by atoms with E-state index in [-0.39, 0.29) is 5.92 Å². The molecule has 0 radical (unpaired) electrons. The number of carbonyl (C=O) groups is 1. The zero-order chi connectivity index (χ0) is 9.68. The molecule has 0 aromatic carbocycles. The van der Waals surface area contributed by atoms with Gasteiger partial charge in [0.1, 0.15) is 0 Å². The number of hydrogen-bond donors (Lipinski definition) is 1. The fraction of sp³-hybridized carbons (Fsp3) is 0.900. The fourth-order valence-electron chi connectivity index (χ4n) is 1.78. The van der Waals surface area contributed by atoms with E-state index in [0.29, 0.717) is 0 Å². The van der Waals surface area contributed by atoms with Gasteiger partial charge in [0.05, 0.1) is 5.92 Å². The molecule has 0 spiro atoms. The molecule has 0 aromatic rings. The summed E-state index contributed by atoms with van der Waals surface area (Å²) in [7, 11) is 0. The third-order valence-corrected chi connectivity index (χ3v) is 2.65. The first kappa shape index (κ1) is 10.5. The summed E-state index contributed by atoms with van der Waals surface area (Å²) in [5, 5.41) is 8.76. The molecule has 0 amide bonds. The van der Waals surface area contributed by atoms with Crippen molar-refractivity contribution in [2.75, 3.05) is 19.6 Å². The van der Waals surface area contributed by atoms with Gasteiger partial charge in [0.2, 0.25) is 0 Å². The van der Waals surface area contributed by atoms with Crippen molar-refractivity contribution in [3.8, 4) is 0 Å². The van der Waals surface area contributed by atoms with Crippen molar-refractivity contribution < 1.29 is 9.90 Å². The van der Waals surface area contributed by atoms with Gasteiger partial charge in [-0.15, -0.1) is 0 Å². The average Bonchev–Trinajstić information content (AvgIpc) is 2.32. The number of rotatable bonds is 3. The van der Waals surface area contributed by atoms with Crippen molar-refractivity contribution in [1.82, 2.24) is 4.90 Å². The third-order valence-electron chi connectivity index (χ3n) is 2.65. The summed E-state index contributed by atoms with van der Waals surface area (Å²) >= 11 is 0. The van der Waals surface area contributed by atoms with Crippen LogP contribution in [0.2, 0.25) is 0 Å². The van der Waals surface area contributed by atoms with Gasteiger partial charge in [0, 0.05) is 6.54 Å². The van der Waals surface area contributed by atoms with E-state index in [1.165, 1.54) is 25.7 Å². The second kappa shape index (κ2) is 5.22. The highest BCUT2D eigenvalue weighted by Crippen LogP contribution is 2.11. The van der Waals surface area contributed by atoms with E-state index in [1.54, 1.807) is 6.92 Å². The van der Waals surface area contributed by atoms with Crippen molar-refractivity contribution in [3.63, 3.8) is 0 Å². The van der Waals surface area contributed by atoms with Crippen LogP contribution in [0.3, 0.4) is 0 Å². The van der Waals surface area contributed by atoms with Gasteiger partial charge in [-0.1, -0.05) is 19.8 Å². The first-order valence-electron chi connectivity index (χ1n) is 5.15. The van der Waals surface area contributed by atoms with Gasteiger partial charge >= 0.3 is 5.97 Å². The summed E-state index contributed by atoms with van der Waals surface area (Å²) < 4.78 is 0. The number of carboxylic acid groups (broad SMARTS) is 1. The van der Waals surface area contributed by atoms with Crippen LogP contribution in [0.25, 0.3) is 0 Å². The van der Waals surface area contributed by atoms with E-state index in [2.05, 4.69) is 4.90 Å². The average molecular weight is 185 g/mol. The highest BCUT2D eigenvalue weighted by molar-refractivity contribution is 5.69. The molecule has 1 atom stereocenters. The van der Waals surface area contributed by atoms with Crippen LogP contribution in [-0.4, -0.2) is 35.6 Å².